The maximum Gasteiger partial charge on any atom is 0.258 e. The molecule has 4 aromatic rings. The highest BCUT2D eigenvalue weighted by Crippen LogP contribution is 2.25. The van der Waals surface area contributed by atoms with Crippen molar-refractivity contribution in [2.24, 2.45) is 0 Å². The van der Waals surface area contributed by atoms with E-state index in [0.717, 1.165) is 24.5 Å². The van der Waals surface area contributed by atoms with E-state index in [1.807, 2.05) is 48.5 Å². The lowest BCUT2D eigenvalue weighted by molar-refractivity contribution is 0.102. The summed E-state index contributed by atoms with van der Waals surface area (Å²) < 4.78 is 0. The fourth-order valence-corrected chi connectivity index (χ4v) is 3.62. The number of benzene rings is 3. The van der Waals surface area contributed by atoms with E-state index in [2.05, 4.69) is 20.8 Å². The Bertz CT molecular complexity index is 1200. The standard InChI is InChI=1S/C21H16ClN5O/c22-15-9-18(21(28)24-16-7-6-13-11-23-12-14(13)8-16)20-19(10-15)25-27(26-20)17-4-2-1-3-5-17/h1-10,23H,11-12H2,(H,24,28). The van der Waals surface area contributed by atoms with Crippen LogP contribution in [-0.4, -0.2) is 20.9 Å². The molecule has 2 N–H and O–H groups in total. The second kappa shape index (κ2) is 6.74. The third-order valence-electron chi connectivity index (χ3n) is 4.78. The average molecular weight is 390 g/mol. The number of rotatable bonds is 3. The number of halogens is 1. The second-order valence-corrected chi connectivity index (χ2v) is 7.12. The lowest BCUT2D eigenvalue weighted by Gasteiger charge is -2.08. The molecule has 1 amide bonds. The summed E-state index contributed by atoms with van der Waals surface area (Å²) >= 11 is 6.24. The number of amides is 1. The molecule has 5 rings (SSSR count). The molecule has 0 fully saturated rings. The molecule has 0 atom stereocenters. The van der Waals surface area contributed by atoms with Gasteiger partial charge in [0.15, 0.2) is 0 Å². The van der Waals surface area contributed by atoms with Gasteiger partial charge in [0, 0.05) is 23.8 Å². The van der Waals surface area contributed by atoms with Crippen molar-refractivity contribution in [1.29, 1.82) is 0 Å². The van der Waals surface area contributed by atoms with Crippen molar-refractivity contribution in [3.05, 3.63) is 82.4 Å². The summed E-state index contributed by atoms with van der Waals surface area (Å²) in [7, 11) is 0. The molecule has 0 aliphatic carbocycles. The largest absolute Gasteiger partial charge is 0.322 e. The molecule has 1 aliphatic heterocycles. The fraction of sp³-hybridized carbons (Fsp3) is 0.0952. The van der Waals surface area contributed by atoms with Gasteiger partial charge in [-0.3, -0.25) is 4.79 Å². The van der Waals surface area contributed by atoms with Crippen LogP contribution in [0.4, 0.5) is 5.69 Å². The zero-order valence-electron chi connectivity index (χ0n) is 14.8. The number of hydrogen-bond donors (Lipinski definition) is 2. The van der Waals surface area contributed by atoms with Gasteiger partial charge in [0.2, 0.25) is 0 Å². The van der Waals surface area contributed by atoms with Gasteiger partial charge in [0.1, 0.15) is 11.0 Å². The number of carbonyl (C=O) groups is 1. The van der Waals surface area contributed by atoms with Gasteiger partial charge < -0.3 is 10.6 Å². The van der Waals surface area contributed by atoms with Crippen LogP contribution < -0.4 is 10.6 Å². The van der Waals surface area contributed by atoms with Crippen LogP contribution in [0.15, 0.2) is 60.7 Å². The lowest BCUT2D eigenvalue weighted by atomic mass is 10.1. The van der Waals surface area contributed by atoms with Gasteiger partial charge in [-0.15, -0.1) is 10.2 Å². The highest BCUT2D eigenvalue weighted by molar-refractivity contribution is 6.32. The summed E-state index contributed by atoms with van der Waals surface area (Å²) in [5.41, 5.74) is 5.48. The van der Waals surface area contributed by atoms with E-state index in [0.29, 0.717) is 21.6 Å². The van der Waals surface area contributed by atoms with Gasteiger partial charge >= 0.3 is 0 Å². The summed E-state index contributed by atoms with van der Waals surface area (Å²) in [6, 6.07) is 18.8. The molecular weight excluding hydrogens is 374 g/mol. The van der Waals surface area contributed by atoms with E-state index in [4.69, 9.17) is 11.6 Å². The highest BCUT2D eigenvalue weighted by Gasteiger charge is 2.18. The maximum absolute atomic E-state index is 13.0. The molecule has 1 aromatic heterocycles. The van der Waals surface area contributed by atoms with E-state index in [9.17, 15) is 4.79 Å². The number of fused-ring (bicyclic) bond motifs is 2. The van der Waals surface area contributed by atoms with Crippen LogP contribution in [0.25, 0.3) is 16.7 Å². The van der Waals surface area contributed by atoms with E-state index < -0.39 is 0 Å². The number of nitrogens with one attached hydrogen (secondary N) is 2. The first-order valence-corrected chi connectivity index (χ1v) is 9.31. The molecular formula is C21H16ClN5O. The zero-order valence-corrected chi connectivity index (χ0v) is 15.6. The number of aromatic nitrogens is 3. The van der Waals surface area contributed by atoms with Gasteiger partial charge in [-0.1, -0.05) is 35.9 Å². The number of carbonyl (C=O) groups excluding carboxylic acids is 1. The normalized spacial score (nSPS) is 12.9. The number of hydrogen-bond acceptors (Lipinski definition) is 4. The van der Waals surface area contributed by atoms with Crippen LogP contribution in [-0.2, 0) is 13.1 Å². The summed E-state index contributed by atoms with van der Waals surface area (Å²) in [5, 5.41) is 15.7. The Morgan fingerprint density at radius 3 is 2.68 bits per heavy atom. The molecule has 0 spiro atoms. The molecule has 2 heterocycles. The molecule has 1 aliphatic rings. The van der Waals surface area contributed by atoms with Crippen LogP contribution >= 0.6 is 11.6 Å². The van der Waals surface area contributed by atoms with Crippen molar-refractivity contribution in [3.8, 4) is 5.69 Å². The van der Waals surface area contributed by atoms with E-state index in [-0.39, 0.29) is 5.91 Å². The minimum absolute atomic E-state index is 0.265. The van der Waals surface area contributed by atoms with E-state index >= 15 is 0 Å². The molecule has 138 valence electrons. The van der Waals surface area contributed by atoms with Gasteiger partial charge in [0.05, 0.1) is 11.3 Å². The van der Waals surface area contributed by atoms with E-state index in [1.54, 1.807) is 12.1 Å². The molecule has 0 unspecified atom stereocenters. The molecule has 0 saturated carbocycles. The topological polar surface area (TPSA) is 71.8 Å². The number of para-hydroxylation sites is 1. The lowest BCUT2D eigenvalue weighted by Crippen LogP contribution is -2.13. The van der Waals surface area contributed by atoms with Crippen LogP contribution in [0, 0.1) is 0 Å². The monoisotopic (exact) mass is 389 g/mol. The Balaban J connectivity index is 1.52. The number of nitrogens with zero attached hydrogens (tertiary/aromatic N) is 3. The second-order valence-electron chi connectivity index (χ2n) is 6.69. The third kappa shape index (κ3) is 3.02. The third-order valence-corrected chi connectivity index (χ3v) is 5.00. The van der Waals surface area contributed by atoms with Crippen molar-refractivity contribution in [2.45, 2.75) is 13.1 Å². The molecule has 28 heavy (non-hydrogen) atoms. The summed E-state index contributed by atoms with van der Waals surface area (Å²) in [6.45, 7) is 1.67. The van der Waals surface area contributed by atoms with Crippen LogP contribution in [0.1, 0.15) is 21.5 Å². The Morgan fingerprint density at radius 1 is 1.00 bits per heavy atom. The Kier molecular flexibility index (Phi) is 4.07. The molecule has 6 nitrogen and oxygen atoms in total. The van der Waals surface area contributed by atoms with Gasteiger partial charge in [-0.05, 0) is 47.5 Å². The van der Waals surface area contributed by atoms with Crippen molar-refractivity contribution < 1.29 is 4.79 Å². The molecule has 0 radical (unpaired) electrons. The van der Waals surface area contributed by atoms with Crippen LogP contribution in [0.3, 0.4) is 0 Å². The van der Waals surface area contributed by atoms with Crippen molar-refractivity contribution >= 4 is 34.2 Å². The Morgan fingerprint density at radius 2 is 1.82 bits per heavy atom. The maximum atomic E-state index is 13.0. The van der Waals surface area contributed by atoms with Crippen molar-refractivity contribution in [2.75, 3.05) is 5.32 Å². The van der Waals surface area contributed by atoms with Crippen molar-refractivity contribution in [3.63, 3.8) is 0 Å². The molecule has 0 bridgehead atoms. The van der Waals surface area contributed by atoms with Gasteiger partial charge in [-0.2, -0.15) is 4.80 Å². The average Bonchev–Trinajstić information content (AvgIpc) is 3.34. The summed E-state index contributed by atoms with van der Waals surface area (Å²) in [5.74, 6) is -0.265. The number of anilines is 1. The molecule has 0 saturated heterocycles. The first-order valence-electron chi connectivity index (χ1n) is 8.93. The first kappa shape index (κ1) is 16.9. The van der Waals surface area contributed by atoms with Gasteiger partial charge in [0.25, 0.3) is 5.91 Å². The Labute approximate surface area is 166 Å². The predicted molar refractivity (Wildman–Crippen MR) is 109 cm³/mol. The van der Waals surface area contributed by atoms with Crippen molar-refractivity contribution in [1.82, 2.24) is 20.3 Å². The zero-order chi connectivity index (χ0) is 19.1. The minimum atomic E-state index is -0.265. The highest BCUT2D eigenvalue weighted by atomic mass is 35.5. The predicted octanol–water partition coefficient (Wildman–Crippen LogP) is 3.93. The Hall–Kier alpha value is -3.22. The molecule has 3 aromatic carbocycles. The summed E-state index contributed by atoms with van der Waals surface area (Å²) in [4.78, 5) is 14.5. The van der Waals surface area contributed by atoms with E-state index in [1.165, 1.54) is 15.9 Å². The van der Waals surface area contributed by atoms with Gasteiger partial charge in [-0.25, -0.2) is 0 Å². The fourth-order valence-electron chi connectivity index (χ4n) is 3.41. The smallest absolute Gasteiger partial charge is 0.258 e. The minimum Gasteiger partial charge on any atom is -0.322 e. The van der Waals surface area contributed by atoms with Crippen LogP contribution in [0.5, 0.6) is 0 Å². The quantitative estimate of drug-likeness (QED) is 0.557. The summed E-state index contributed by atoms with van der Waals surface area (Å²) in [6.07, 6.45) is 0. The van der Waals surface area contributed by atoms with Crippen LogP contribution in [0.2, 0.25) is 5.02 Å². The first-order chi connectivity index (χ1) is 13.7. The molecule has 7 heteroatoms. The SMILES string of the molecule is O=C(Nc1ccc2c(c1)CNC2)c1cc(Cl)cc2nn(-c3ccccc3)nc12.